The quantitative estimate of drug-likeness (QED) is 0.246. The van der Waals surface area contributed by atoms with Gasteiger partial charge in [0.1, 0.15) is 5.82 Å². The van der Waals surface area contributed by atoms with Crippen LogP contribution in [0.25, 0.3) is 22.8 Å². The second kappa shape index (κ2) is 10.3. The number of hydrogen-bond donors (Lipinski definition) is 1. The lowest BCUT2D eigenvalue weighted by atomic mass is 9.99. The Kier molecular flexibility index (Phi) is 7.11. The van der Waals surface area contributed by atoms with Gasteiger partial charge in [-0.05, 0) is 55.3 Å². The van der Waals surface area contributed by atoms with Crippen molar-refractivity contribution in [3.63, 3.8) is 0 Å². The molecule has 0 fully saturated rings. The van der Waals surface area contributed by atoms with E-state index in [0.717, 1.165) is 35.9 Å². The fourth-order valence-electron chi connectivity index (χ4n) is 3.65. The summed E-state index contributed by atoms with van der Waals surface area (Å²) < 4.78 is 45.6. The summed E-state index contributed by atoms with van der Waals surface area (Å²) >= 11 is 0. The predicted octanol–water partition coefficient (Wildman–Crippen LogP) is 4.48. The summed E-state index contributed by atoms with van der Waals surface area (Å²) in [4.78, 5) is 25.9. The van der Waals surface area contributed by atoms with Crippen LogP contribution in [-0.4, -0.2) is 40.3 Å². The second-order valence-electron chi connectivity index (χ2n) is 8.38. The average Bonchev–Trinajstić information content (AvgIpc) is 3.34. The number of rotatable bonds is 9. The van der Waals surface area contributed by atoms with Gasteiger partial charge in [-0.25, -0.2) is 12.8 Å². The van der Waals surface area contributed by atoms with Crippen LogP contribution < -0.4 is 0 Å². The van der Waals surface area contributed by atoms with Gasteiger partial charge in [0.25, 0.3) is 11.6 Å². The van der Waals surface area contributed by atoms with Crippen LogP contribution in [0.2, 0.25) is 0 Å². The first-order valence-electron chi connectivity index (χ1n) is 10.9. The van der Waals surface area contributed by atoms with Crippen LogP contribution in [0.1, 0.15) is 11.1 Å². The van der Waals surface area contributed by atoms with Crippen LogP contribution in [0, 0.1) is 28.8 Å². The molecule has 1 unspecified atom stereocenters. The zero-order valence-corrected chi connectivity index (χ0v) is 20.2. The molecule has 1 atom stereocenters. The van der Waals surface area contributed by atoms with E-state index in [-0.39, 0.29) is 39.8 Å². The minimum Gasteiger partial charge on any atom is -0.481 e. The largest absolute Gasteiger partial charge is 0.481 e. The molecule has 10 nitrogen and oxygen atoms in total. The van der Waals surface area contributed by atoms with E-state index in [1.54, 1.807) is 12.1 Å². The van der Waals surface area contributed by atoms with Crippen molar-refractivity contribution in [1.82, 2.24) is 10.1 Å². The molecule has 0 aliphatic heterocycles. The molecule has 0 spiro atoms. The van der Waals surface area contributed by atoms with Gasteiger partial charge in [-0.3, -0.25) is 14.9 Å². The van der Waals surface area contributed by atoms with E-state index in [9.17, 15) is 32.8 Å². The van der Waals surface area contributed by atoms with Gasteiger partial charge >= 0.3 is 5.97 Å². The maximum absolute atomic E-state index is 14.9. The van der Waals surface area contributed by atoms with Crippen molar-refractivity contribution in [3.8, 4) is 22.8 Å². The number of carboxylic acids is 1. The number of nitro groups is 1. The van der Waals surface area contributed by atoms with Crippen LogP contribution in [0.3, 0.4) is 0 Å². The number of aromatic nitrogens is 2. The van der Waals surface area contributed by atoms with E-state index in [0.29, 0.717) is 5.56 Å². The first-order valence-corrected chi connectivity index (χ1v) is 12.6. The minimum atomic E-state index is -4.08. The fourth-order valence-corrected chi connectivity index (χ4v) is 5.18. The molecule has 0 aliphatic carbocycles. The van der Waals surface area contributed by atoms with Crippen molar-refractivity contribution >= 4 is 21.5 Å². The first kappa shape index (κ1) is 25.6. The van der Waals surface area contributed by atoms with Crippen molar-refractivity contribution in [2.24, 2.45) is 5.92 Å². The molecule has 37 heavy (non-hydrogen) atoms. The molecule has 0 saturated carbocycles. The number of aryl methyl sites for hydroxylation is 1. The molecule has 190 valence electrons. The summed E-state index contributed by atoms with van der Waals surface area (Å²) in [6, 6.07) is 15.4. The number of non-ortho nitro benzene ring substituents is 1. The molecule has 4 aromatic rings. The molecule has 12 heteroatoms. The van der Waals surface area contributed by atoms with E-state index >= 15 is 0 Å². The Hall–Kier alpha value is -4.45. The number of nitrogens with zero attached hydrogens (tertiary/aromatic N) is 3. The average molecular weight is 526 g/mol. The topological polar surface area (TPSA) is 154 Å². The highest BCUT2D eigenvalue weighted by Gasteiger charge is 2.28. The number of aliphatic carboxylic acids is 1. The summed E-state index contributed by atoms with van der Waals surface area (Å²) in [7, 11) is -4.08. The molecule has 1 N–H and O–H groups in total. The Balaban J connectivity index is 1.52. The normalized spacial score (nSPS) is 12.3. The SMILES string of the molecule is Cc1ccc(-c2nc(-c3ccc(CC(CS(=O)(=O)c4ccc([N+](=O)[O-])cc4)C(=O)O)cc3F)no2)cc1. The summed E-state index contributed by atoms with van der Waals surface area (Å²) in [5.41, 5.74) is 1.72. The summed E-state index contributed by atoms with van der Waals surface area (Å²) in [5, 5.41) is 24.2. The highest BCUT2D eigenvalue weighted by atomic mass is 32.2. The standard InChI is InChI=1S/C25H20FN3O7S/c1-15-2-5-17(6-3-15)24-27-23(28-36-24)21-11-4-16(13-22(21)26)12-18(25(30)31)14-37(34,35)20-9-7-19(8-10-20)29(32)33/h2-11,13,18H,12,14H2,1H3,(H,30,31). The van der Waals surface area contributed by atoms with E-state index in [4.69, 9.17) is 4.52 Å². The fraction of sp³-hybridized carbons (Fsp3) is 0.160. The smallest absolute Gasteiger partial charge is 0.307 e. The third-order valence-electron chi connectivity index (χ3n) is 5.66. The summed E-state index contributed by atoms with van der Waals surface area (Å²) in [5.74, 6) is -4.04. The Morgan fingerprint density at radius 3 is 2.38 bits per heavy atom. The molecule has 0 radical (unpaired) electrons. The Morgan fingerprint density at radius 1 is 1.11 bits per heavy atom. The molecule has 0 amide bonds. The predicted molar refractivity (Wildman–Crippen MR) is 130 cm³/mol. The molecule has 4 rings (SSSR count). The van der Waals surface area contributed by atoms with Crippen molar-refractivity contribution in [1.29, 1.82) is 0 Å². The minimum absolute atomic E-state index is 0.00941. The highest BCUT2D eigenvalue weighted by molar-refractivity contribution is 7.91. The number of carboxylic acid groups (broad SMARTS) is 1. The Bertz CT molecular complexity index is 1570. The van der Waals surface area contributed by atoms with E-state index in [1.807, 2.05) is 19.1 Å². The monoisotopic (exact) mass is 525 g/mol. The van der Waals surface area contributed by atoms with Crippen LogP contribution in [0.4, 0.5) is 10.1 Å². The maximum atomic E-state index is 14.9. The lowest BCUT2D eigenvalue weighted by Gasteiger charge is -2.13. The Labute approximate surface area is 210 Å². The highest BCUT2D eigenvalue weighted by Crippen LogP contribution is 2.27. The molecule has 1 aromatic heterocycles. The van der Waals surface area contributed by atoms with Gasteiger partial charge in [-0.1, -0.05) is 28.9 Å². The first-order chi connectivity index (χ1) is 17.5. The van der Waals surface area contributed by atoms with E-state index in [2.05, 4.69) is 10.1 Å². The number of benzene rings is 3. The van der Waals surface area contributed by atoms with Crippen LogP contribution in [0.15, 0.2) is 76.1 Å². The Morgan fingerprint density at radius 2 is 1.78 bits per heavy atom. The molecule has 0 aliphatic rings. The third-order valence-corrected chi connectivity index (χ3v) is 7.49. The maximum Gasteiger partial charge on any atom is 0.307 e. The molecular weight excluding hydrogens is 505 g/mol. The number of hydrogen-bond acceptors (Lipinski definition) is 8. The van der Waals surface area contributed by atoms with E-state index in [1.165, 1.54) is 12.1 Å². The summed E-state index contributed by atoms with van der Waals surface area (Å²) in [6.07, 6.45) is -0.264. The number of sulfone groups is 1. The number of halogens is 1. The van der Waals surface area contributed by atoms with Crippen molar-refractivity contribution < 1.29 is 32.2 Å². The van der Waals surface area contributed by atoms with Gasteiger partial charge in [0, 0.05) is 17.7 Å². The van der Waals surface area contributed by atoms with Crippen molar-refractivity contribution in [2.45, 2.75) is 18.2 Å². The zero-order chi connectivity index (χ0) is 26.7. The van der Waals surface area contributed by atoms with Gasteiger partial charge in [-0.2, -0.15) is 4.98 Å². The molecule has 3 aromatic carbocycles. The lowest BCUT2D eigenvalue weighted by molar-refractivity contribution is -0.384. The molecule has 0 saturated heterocycles. The van der Waals surface area contributed by atoms with Crippen LogP contribution in [0.5, 0.6) is 0 Å². The summed E-state index contributed by atoms with van der Waals surface area (Å²) in [6.45, 7) is 1.93. The molecular formula is C25H20FN3O7S. The molecule has 1 heterocycles. The van der Waals surface area contributed by atoms with Gasteiger partial charge in [-0.15, -0.1) is 0 Å². The molecule has 0 bridgehead atoms. The van der Waals surface area contributed by atoms with Gasteiger partial charge in [0.05, 0.1) is 27.1 Å². The third kappa shape index (κ3) is 5.86. The van der Waals surface area contributed by atoms with Crippen LogP contribution in [-0.2, 0) is 21.1 Å². The second-order valence-corrected chi connectivity index (χ2v) is 10.4. The number of carbonyl (C=O) groups is 1. The van der Waals surface area contributed by atoms with Crippen LogP contribution >= 0.6 is 0 Å². The van der Waals surface area contributed by atoms with Crippen molar-refractivity contribution in [2.75, 3.05) is 5.75 Å². The lowest BCUT2D eigenvalue weighted by Crippen LogP contribution is -2.26. The van der Waals surface area contributed by atoms with Crippen molar-refractivity contribution in [3.05, 3.63) is 93.8 Å². The number of nitro benzene ring substituents is 1. The van der Waals surface area contributed by atoms with Gasteiger partial charge in [0.15, 0.2) is 9.84 Å². The van der Waals surface area contributed by atoms with E-state index < -0.39 is 38.2 Å². The van der Waals surface area contributed by atoms with Gasteiger partial charge in [0.2, 0.25) is 5.82 Å². The zero-order valence-electron chi connectivity index (χ0n) is 19.4. The van der Waals surface area contributed by atoms with Gasteiger partial charge < -0.3 is 9.63 Å².